The number of nitrogens with zero attached hydrogens (tertiary/aromatic N) is 1. The Morgan fingerprint density at radius 2 is 2.33 bits per heavy atom. The van der Waals surface area contributed by atoms with Crippen LogP contribution in [0, 0.1) is 0 Å². The fraction of sp³-hybridized carbons (Fsp3) is 0.429. The van der Waals surface area contributed by atoms with Gasteiger partial charge in [0.05, 0.1) is 10.8 Å². The molecule has 66 valence electrons. The number of carbonyl (C=O) groups excluding carboxylic acids is 2. The lowest BCUT2D eigenvalue weighted by Gasteiger charge is -2.06. The van der Waals surface area contributed by atoms with Crippen molar-refractivity contribution in [1.82, 2.24) is 10.2 Å². The quantitative estimate of drug-likeness (QED) is 0.576. The molecule has 12 heavy (non-hydrogen) atoms. The van der Waals surface area contributed by atoms with Crippen molar-refractivity contribution in [1.29, 1.82) is 0 Å². The number of hydrogen-bond donors (Lipinski definition) is 1. The van der Waals surface area contributed by atoms with Gasteiger partial charge in [-0.05, 0) is 0 Å². The third-order valence-corrected chi connectivity index (χ3v) is 2.25. The Bertz CT molecular complexity index is 248. The van der Waals surface area contributed by atoms with Crippen LogP contribution in [0.25, 0.3) is 0 Å². The zero-order valence-electron chi connectivity index (χ0n) is 6.96. The number of carbonyl (C=O) groups is 2. The minimum atomic E-state index is -0.111. The van der Waals surface area contributed by atoms with Gasteiger partial charge in [0, 0.05) is 20.2 Å². The maximum Gasteiger partial charge on any atom is 0.248 e. The highest BCUT2D eigenvalue weighted by atomic mass is 32.2. The molecule has 4 nitrogen and oxygen atoms in total. The van der Waals surface area contributed by atoms with E-state index in [2.05, 4.69) is 5.32 Å². The smallest absolute Gasteiger partial charge is 0.248 e. The van der Waals surface area contributed by atoms with E-state index >= 15 is 0 Å². The number of amides is 2. The molecule has 0 radical (unpaired) electrons. The van der Waals surface area contributed by atoms with E-state index in [1.165, 1.54) is 22.7 Å². The summed E-state index contributed by atoms with van der Waals surface area (Å²) in [6, 6.07) is 0. The van der Waals surface area contributed by atoms with Crippen molar-refractivity contribution in [3.63, 3.8) is 0 Å². The van der Waals surface area contributed by atoms with Crippen LogP contribution < -0.4 is 5.32 Å². The van der Waals surface area contributed by atoms with Crippen LogP contribution in [0.1, 0.15) is 0 Å². The van der Waals surface area contributed by atoms with Crippen molar-refractivity contribution in [2.24, 2.45) is 0 Å². The Kier molecular flexibility index (Phi) is 2.75. The van der Waals surface area contributed by atoms with E-state index in [4.69, 9.17) is 0 Å². The molecule has 0 unspecified atom stereocenters. The summed E-state index contributed by atoms with van der Waals surface area (Å²) in [4.78, 5) is 23.3. The van der Waals surface area contributed by atoms with Gasteiger partial charge in [-0.1, -0.05) is 11.8 Å². The number of likely N-dealkylation sites (N-methyl/N-ethyl adjacent to an activating group) is 1. The van der Waals surface area contributed by atoms with Gasteiger partial charge >= 0.3 is 0 Å². The van der Waals surface area contributed by atoms with Crippen molar-refractivity contribution in [3.05, 3.63) is 11.1 Å². The summed E-state index contributed by atoms with van der Waals surface area (Å²) >= 11 is 1.35. The highest BCUT2D eigenvalue weighted by Crippen LogP contribution is 2.18. The predicted molar refractivity (Wildman–Crippen MR) is 47.4 cm³/mol. The van der Waals surface area contributed by atoms with Crippen LogP contribution >= 0.6 is 11.8 Å². The zero-order chi connectivity index (χ0) is 9.14. The first kappa shape index (κ1) is 9.12. The average Bonchev–Trinajstić information content (AvgIpc) is 2.35. The summed E-state index contributed by atoms with van der Waals surface area (Å²) in [5, 5.41) is 3.21. The number of hydrogen-bond acceptors (Lipinski definition) is 3. The van der Waals surface area contributed by atoms with Crippen LogP contribution in [0.4, 0.5) is 0 Å². The van der Waals surface area contributed by atoms with E-state index in [0.29, 0.717) is 10.8 Å². The van der Waals surface area contributed by atoms with Gasteiger partial charge in [0.2, 0.25) is 11.8 Å². The monoisotopic (exact) mass is 186 g/mol. The molecular formula is C7H10N2O2S. The lowest BCUT2D eigenvalue weighted by Crippen LogP contribution is -2.21. The maximum absolute atomic E-state index is 11.1. The molecule has 1 N–H and O–H groups in total. The Morgan fingerprint density at radius 1 is 1.67 bits per heavy atom. The molecule has 1 heterocycles. The molecule has 0 aromatic rings. The van der Waals surface area contributed by atoms with Gasteiger partial charge in [0.15, 0.2) is 0 Å². The van der Waals surface area contributed by atoms with Crippen LogP contribution in [0.2, 0.25) is 0 Å². The maximum atomic E-state index is 11.1. The van der Waals surface area contributed by atoms with Crippen LogP contribution in [0.3, 0.4) is 0 Å². The van der Waals surface area contributed by atoms with Crippen molar-refractivity contribution in [2.75, 3.05) is 19.8 Å². The molecule has 1 rings (SSSR count). The molecule has 0 saturated carbocycles. The Balaban J connectivity index is 2.58. The fourth-order valence-electron chi connectivity index (χ4n) is 0.672. The lowest BCUT2D eigenvalue weighted by molar-refractivity contribution is -0.123. The zero-order valence-corrected chi connectivity index (χ0v) is 7.77. The second kappa shape index (κ2) is 3.62. The van der Waals surface area contributed by atoms with Gasteiger partial charge < -0.3 is 10.2 Å². The average molecular weight is 186 g/mol. The van der Waals surface area contributed by atoms with Gasteiger partial charge in [0.1, 0.15) is 0 Å². The van der Waals surface area contributed by atoms with E-state index in [1.54, 1.807) is 14.1 Å². The molecule has 1 saturated heterocycles. The van der Waals surface area contributed by atoms with E-state index < -0.39 is 0 Å². The SMILES string of the molecule is CN(C)C(=O)/C=C1/NC(=O)CS1. The summed E-state index contributed by atoms with van der Waals surface area (Å²) in [6.45, 7) is 0. The Labute approximate surface area is 75.0 Å². The molecule has 5 heteroatoms. The normalized spacial score (nSPS) is 19.5. The largest absolute Gasteiger partial charge is 0.345 e. The third-order valence-electron chi connectivity index (χ3n) is 1.32. The molecule has 0 atom stereocenters. The summed E-state index contributed by atoms with van der Waals surface area (Å²) in [6.07, 6.45) is 1.43. The second-order valence-corrected chi connectivity index (χ2v) is 3.60. The molecule has 0 bridgehead atoms. The van der Waals surface area contributed by atoms with Crippen LogP contribution in [0.15, 0.2) is 11.1 Å². The van der Waals surface area contributed by atoms with Crippen LogP contribution in [-0.4, -0.2) is 36.6 Å². The van der Waals surface area contributed by atoms with Crippen molar-refractivity contribution >= 4 is 23.6 Å². The van der Waals surface area contributed by atoms with Gasteiger partial charge in [-0.2, -0.15) is 0 Å². The Morgan fingerprint density at radius 3 is 2.75 bits per heavy atom. The number of thioether (sulfide) groups is 1. The molecule has 0 aromatic heterocycles. The molecule has 0 aliphatic carbocycles. The molecule has 1 aliphatic heterocycles. The van der Waals surface area contributed by atoms with Crippen molar-refractivity contribution in [2.45, 2.75) is 0 Å². The summed E-state index contributed by atoms with van der Waals surface area (Å²) in [5.41, 5.74) is 0. The van der Waals surface area contributed by atoms with E-state index in [9.17, 15) is 9.59 Å². The van der Waals surface area contributed by atoms with Crippen LogP contribution in [0.5, 0.6) is 0 Å². The summed E-state index contributed by atoms with van der Waals surface area (Å²) < 4.78 is 0. The first-order valence-corrected chi connectivity index (χ1v) is 4.44. The van der Waals surface area contributed by atoms with Gasteiger partial charge in [-0.25, -0.2) is 0 Å². The predicted octanol–water partition coefficient (Wildman–Crippen LogP) is -0.221. The molecule has 2 amide bonds. The summed E-state index contributed by atoms with van der Waals surface area (Å²) in [5.74, 6) is 0.254. The molecule has 1 aliphatic rings. The number of rotatable bonds is 1. The van der Waals surface area contributed by atoms with Crippen molar-refractivity contribution in [3.8, 4) is 0 Å². The van der Waals surface area contributed by atoms with E-state index in [-0.39, 0.29) is 11.8 Å². The highest BCUT2D eigenvalue weighted by Gasteiger charge is 2.16. The molecule has 0 spiro atoms. The minimum absolute atomic E-state index is 0.0437. The second-order valence-electron chi connectivity index (χ2n) is 2.58. The molecule has 1 fully saturated rings. The summed E-state index contributed by atoms with van der Waals surface area (Å²) in [7, 11) is 3.33. The lowest BCUT2D eigenvalue weighted by atomic mass is 10.5. The third kappa shape index (κ3) is 2.27. The van der Waals surface area contributed by atoms with E-state index in [0.717, 1.165) is 0 Å². The first-order valence-electron chi connectivity index (χ1n) is 3.45. The van der Waals surface area contributed by atoms with Crippen LogP contribution in [-0.2, 0) is 9.59 Å². The molecular weight excluding hydrogens is 176 g/mol. The van der Waals surface area contributed by atoms with Gasteiger partial charge in [0.25, 0.3) is 0 Å². The fourth-order valence-corrected chi connectivity index (χ4v) is 1.40. The first-order chi connectivity index (χ1) is 5.59. The standard InChI is InChI=1S/C7H10N2O2S/c1-9(2)7(11)3-6-8-5(10)4-12-6/h3H,4H2,1-2H3,(H,8,10)/b6-3-. The van der Waals surface area contributed by atoms with Crippen molar-refractivity contribution < 1.29 is 9.59 Å². The highest BCUT2D eigenvalue weighted by molar-refractivity contribution is 8.04. The Hall–Kier alpha value is -0.970. The van der Waals surface area contributed by atoms with Gasteiger partial charge in [-0.15, -0.1) is 0 Å². The molecule has 0 aromatic carbocycles. The van der Waals surface area contributed by atoms with E-state index in [1.807, 2.05) is 0 Å². The van der Waals surface area contributed by atoms with Gasteiger partial charge in [-0.3, -0.25) is 9.59 Å². The minimum Gasteiger partial charge on any atom is -0.345 e. The number of nitrogens with one attached hydrogen (secondary N) is 1. The topological polar surface area (TPSA) is 49.4 Å².